The third-order valence-electron chi connectivity index (χ3n) is 1.94. The second kappa shape index (κ2) is 5.00. The van der Waals surface area contributed by atoms with Gasteiger partial charge >= 0.3 is 6.18 Å². The molecule has 0 aliphatic heterocycles. The number of carbonyl (C=O) groups is 1. The number of benzene rings is 1. The molecule has 1 amide bonds. The average Bonchev–Trinajstić information content (AvgIpc) is 2.26. The Morgan fingerprint density at radius 1 is 1.26 bits per heavy atom. The molecule has 0 aromatic heterocycles. The fraction of sp³-hybridized carbons (Fsp3) is 0.100. The summed E-state index contributed by atoms with van der Waals surface area (Å²) in [7, 11) is -4.17. The number of halogens is 4. The molecule has 104 valence electrons. The molecule has 9 heteroatoms. The van der Waals surface area contributed by atoms with E-state index in [0.29, 0.717) is 17.5 Å². The molecule has 1 N–H and O–H groups in total. The van der Waals surface area contributed by atoms with Gasteiger partial charge in [0.05, 0.1) is 5.56 Å². The summed E-state index contributed by atoms with van der Waals surface area (Å²) in [6.45, 7) is 2.90. The molecule has 1 aromatic rings. The first-order valence-electron chi connectivity index (χ1n) is 4.62. The first-order chi connectivity index (χ1) is 8.55. The summed E-state index contributed by atoms with van der Waals surface area (Å²) >= 11 is 0. The minimum atomic E-state index is -4.85. The highest BCUT2D eigenvalue weighted by Crippen LogP contribution is 2.30. The summed E-state index contributed by atoms with van der Waals surface area (Å²) < 4.78 is 73.5. The minimum absolute atomic E-state index is 0.193. The van der Waals surface area contributed by atoms with E-state index >= 15 is 0 Å². The second-order valence-electron chi connectivity index (χ2n) is 3.37. The van der Waals surface area contributed by atoms with Crippen LogP contribution in [0.4, 0.5) is 17.6 Å². The third kappa shape index (κ3) is 4.05. The van der Waals surface area contributed by atoms with Gasteiger partial charge < -0.3 is 0 Å². The van der Waals surface area contributed by atoms with Gasteiger partial charge in [-0.05, 0) is 18.2 Å². The molecular formula is C10H7F4NO3S. The van der Waals surface area contributed by atoms with E-state index in [0.717, 1.165) is 0 Å². The lowest BCUT2D eigenvalue weighted by atomic mass is 10.1. The number of rotatable bonds is 3. The summed E-state index contributed by atoms with van der Waals surface area (Å²) in [5.74, 6) is -2.69. The van der Waals surface area contributed by atoms with E-state index in [4.69, 9.17) is 0 Å². The molecule has 0 saturated heterocycles. The van der Waals surface area contributed by atoms with Crippen molar-refractivity contribution < 1.29 is 30.8 Å². The van der Waals surface area contributed by atoms with Crippen molar-refractivity contribution in [2.75, 3.05) is 0 Å². The summed E-state index contributed by atoms with van der Waals surface area (Å²) in [5.41, 5.74) is -2.16. The van der Waals surface area contributed by atoms with Gasteiger partial charge in [0.25, 0.3) is 15.9 Å². The largest absolute Gasteiger partial charge is 0.416 e. The Kier molecular flexibility index (Phi) is 3.99. The summed E-state index contributed by atoms with van der Waals surface area (Å²) in [4.78, 5) is 11.4. The first-order valence-corrected chi connectivity index (χ1v) is 6.17. The van der Waals surface area contributed by atoms with E-state index in [-0.39, 0.29) is 6.07 Å². The molecule has 0 aliphatic carbocycles. The first kappa shape index (κ1) is 15.2. The molecule has 0 fully saturated rings. The number of carbonyl (C=O) groups excluding carboxylic acids is 1. The van der Waals surface area contributed by atoms with E-state index in [1.165, 1.54) is 4.72 Å². The summed E-state index contributed by atoms with van der Waals surface area (Å²) in [6.07, 6.45) is -4.85. The number of hydrogen-bond acceptors (Lipinski definition) is 3. The van der Waals surface area contributed by atoms with Crippen molar-refractivity contribution in [3.05, 3.63) is 47.1 Å². The van der Waals surface area contributed by atoms with Crippen LogP contribution in [0.3, 0.4) is 0 Å². The number of amides is 1. The normalized spacial score (nSPS) is 12.0. The van der Waals surface area contributed by atoms with Gasteiger partial charge in [0, 0.05) is 11.0 Å². The summed E-state index contributed by atoms with van der Waals surface area (Å²) in [6, 6.07) is 1.03. The van der Waals surface area contributed by atoms with Gasteiger partial charge in [-0.1, -0.05) is 6.58 Å². The van der Waals surface area contributed by atoms with Gasteiger partial charge in [-0.25, -0.2) is 17.5 Å². The van der Waals surface area contributed by atoms with Crippen LogP contribution >= 0.6 is 0 Å². The predicted octanol–water partition coefficient (Wildman–Crippen LogP) is 2.05. The average molecular weight is 297 g/mol. The van der Waals surface area contributed by atoms with Crippen molar-refractivity contribution in [2.45, 2.75) is 6.18 Å². The van der Waals surface area contributed by atoms with Crippen LogP contribution < -0.4 is 4.72 Å². The van der Waals surface area contributed by atoms with Gasteiger partial charge in [0.2, 0.25) is 0 Å². The fourth-order valence-electron chi connectivity index (χ4n) is 1.11. The van der Waals surface area contributed by atoms with E-state index in [1.807, 2.05) is 0 Å². The van der Waals surface area contributed by atoms with Crippen molar-refractivity contribution in [3.8, 4) is 0 Å². The van der Waals surface area contributed by atoms with Crippen molar-refractivity contribution in [1.82, 2.24) is 4.72 Å². The van der Waals surface area contributed by atoms with Gasteiger partial charge in [0.1, 0.15) is 5.82 Å². The highest BCUT2D eigenvalue weighted by molar-refractivity contribution is 7.92. The number of hydrogen-bond donors (Lipinski definition) is 1. The molecule has 4 nitrogen and oxygen atoms in total. The van der Waals surface area contributed by atoms with Crippen molar-refractivity contribution >= 4 is 15.9 Å². The van der Waals surface area contributed by atoms with Crippen LogP contribution in [-0.4, -0.2) is 14.3 Å². The Morgan fingerprint density at radius 3 is 2.32 bits per heavy atom. The molecule has 0 radical (unpaired) electrons. The second-order valence-corrected chi connectivity index (χ2v) is 5.00. The maximum atomic E-state index is 13.0. The van der Waals surface area contributed by atoms with Crippen LogP contribution in [0.1, 0.15) is 15.9 Å². The smallest absolute Gasteiger partial charge is 0.268 e. The molecule has 0 atom stereocenters. The molecule has 0 bridgehead atoms. The minimum Gasteiger partial charge on any atom is -0.268 e. The standard InChI is InChI=1S/C10H7F4NO3S/c1-2-19(17,18)15-9(16)6-3-7(10(12,13)14)5-8(11)4-6/h2-5H,1H2,(H,15,16). The number of nitrogens with one attached hydrogen (secondary N) is 1. The third-order valence-corrected chi connectivity index (χ3v) is 2.85. The lowest BCUT2D eigenvalue weighted by Crippen LogP contribution is -2.29. The monoisotopic (exact) mass is 297 g/mol. The number of sulfonamides is 1. The van der Waals surface area contributed by atoms with Gasteiger partial charge in [-0.2, -0.15) is 13.2 Å². The van der Waals surface area contributed by atoms with E-state index in [1.54, 1.807) is 0 Å². The Bertz CT molecular complexity index is 622. The molecule has 1 rings (SSSR count). The molecule has 1 aromatic carbocycles. The highest BCUT2D eigenvalue weighted by Gasteiger charge is 2.32. The highest BCUT2D eigenvalue weighted by atomic mass is 32.2. The molecule has 0 spiro atoms. The van der Waals surface area contributed by atoms with Crippen LogP contribution in [0, 0.1) is 5.82 Å². The Hall–Kier alpha value is -1.90. The topological polar surface area (TPSA) is 63.2 Å². The van der Waals surface area contributed by atoms with Crippen LogP contribution in [0.5, 0.6) is 0 Å². The van der Waals surface area contributed by atoms with Crippen LogP contribution in [0.25, 0.3) is 0 Å². The van der Waals surface area contributed by atoms with Gasteiger partial charge in [0.15, 0.2) is 0 Å². The molecule has 19 heavy (non-hydrogen) atoms. The Morgan fingerprint density at radius 2 is 1.84 bits per heavy atom. The molecule has 0 aliphatic rings. The quantitative estimate of drug-likeness (QED) is 0.868. The van der Waals surface area contributed by atoms with Crippen molar-refractivity contribution in [2.24, 2.45) is 0 Å². The Labute approximate surface area is 105 Å². The molecule has 0 heterocycles. The summed E-state index contributed by atoms with van der Waals surface area (Å²) in [5, 5.41) is 0.398. The molecule has 0 unspecified atom stereocenters. The van der Waals surface area contributed by atoms with Gasteiger partial charge in [-0.3, -0.25) is 4.79 Å². The maximum absolute atomic E-state index is 13.0. The molecule has 0 saturated carbocycles. The zero-order chi connectivity index (χ0) is 14.8. The SMILES string of the molecule is C=CS(=O)(=O)NC(=O)c1cc(F)cc(C(F)(F)F)c1. The maximum Gasteiger partial charge on any atom is 0.416 e. The van der Waals surface area contributed by atoms with Gasteiger partial charge in [-0.15, -0.1) is 0 Å². The zero-order valence-electron chi connectivity index (χ0n) is 9.16. The van der Waals surface area contributed by atoms with Crippen molar-refractivity contribution in [1.29, 1.82) is 0 Å². The van der Waals surface area contributed by atoms with E-state index < -0.39 is 39.1 Å². The molecular weight excluding hydrogens is 290 g/mol. The van der Waals surface area contributed by atoms with Crippen LogP contribution in [0.2, 0.25) is 0 Å². The number of alkyl halides is 3. The predicted molar refractivity (Wildman–Crippen MR) is 58.0 cm³/mol. The Balaban J connectivity index is 3.18. The fourth-order valence-corrected chi connectivity index (χ4v) is 1.57. The zero-order valence-corrected chi connectivity index (χ0v) is 9.98. The lowest BCUT2D eigenvalue weighted by Gasteiger charge is -2.09. The lowest BCUT2D eigenvalue weighted by molar-refractivity contribution is -0.137. The van der Waals surface area contributed by atoms with E-state index in [9.17, 15) is 30.8 Å². The van der Waals surface area contributed by atoms with Crippen molar-refractivity contribution in [3.63, 3.8) is 0 Å². The van der Waals surface area contributed by atoms with Crippen LogP contribution in [0.15, 0.2) is 30.2 Å². The van der Waals surface area contributed by atoms with Crippen LogP contribution in [-0.2, 0) is 16.2 Å². The van der Waals surface area contributed by atoms with E-state index in [2.05, 4.69) is 6.58 Å².